The highest BCUT2D eigenvalue weighted by Crippen LogP contribution is 2.33. The topological polar surface area (TPSA) is 48.2 Å². The van der Waals surface area contributed by atoms with Crippen molar-refractivity contribution in [2.24, 2.45) is 0 Å². The number of quaternary nitrogens is 1. The number of hydrogen-bond donors (Lipinski definition) is 2. The van der Waals surface area contributed by atoms with Gasteiger partial charge in [0.05, 0.1) is 31.9 Å². The molecule has 2 N–H and O–H groups in total. The highest BCUT2D eigenvalue weighted by atomic mass is 16.3. The number of nitrogens with zero attached hydrogens (tertiary/aromatic N) is 2. The lowest BCUT2D eigenvalue weighted by molar-refractivity contribution is -0.892. The summed E-state index contributed by atoms with van der Waals surface area (Å²) >= 11 is 0. The number of rotatable bonds is 5. The lowest BCUT2D eigenvalue weighted by atomic mass is 10.0. The molecule has 1 aromatic carbocycles. The van der Waals surface area contributed by atoms with Crippen LogP contribution in [0, 0.1) is 0 Å². The summed E-state index contributed by atoms with van der Waals surface area (Å²) in [6.45, 7) is 4.25. The lowest BCUT2D eigenvalue weighted by Gasteiger charge is -2.35. The monoisotopic (exact) mass is 356 g/mol. The van der Waals surface area contributed by atoms with Crippen LogP contribution in [0.1, 0.15) is 38.5 Å². The number of carbonyl (C=O) groups excluding carboxylic acids is 1. The van der Waals surface area contributed by atoms with Crippen LogP contribution in [0.4, 0.5) is 5.69 Å². The number of amides is 1. The molecule has 1 saturated carbocycles. The normalized spacial score (nSPS) is 21.4. The molecular weight excluding hydrogens is 326 g/mol. The van der Waals surface area contributed by atoms with Crippen LogP contribution in [0.25, 0.3) is 0 Å². The van der Waals surface area contributed by atoms with Crippen molar-refractivity contribution in [3.05, 3.63) is 36.0 Å². The summed E-state index contributed by atoms with van der Waals surface area (Å²) in [7, 11) is 0. The summed E-state index contributed by atoms with van der Waals surface area (Å²) in [6.07, 6.45) is 9.30. The van der Waals surface area contributed by atoms with Gasteiger partial charge in [-0.25, -0.2) is 0 Å². The molecule has 0 atom stereocenters. The Morgan fingerprint density at radius 1 is 1.19 bits per heavy atom. The smallest absolute Gasteiger partial charge is 0.282 e. The van der Waals surface area contributed by atoms with E-state index >= 15 is 0 Å². The third kappa shape index (κ3) is 3.88. The van der Waals surface area contributed by atoms with Gasteiger partial charge in [0.2, 0.25) is 0 Å². The number of benzene rings is 1. The van der Waals surface area contributed by atoms with Gasteiger partial charge in [-0.05, 0) is 50.7 Å². The minimum Gasteiger partial charge on any atom is -0.506 e. The highest BCUT2D eigenvalue weighted by molar-refractivity contribution is 5.79. The van der Waals surface area contributed by atoms with Crippen molar-refractivity contribution in [2.75, 3.05) is 37.6 Å². The minimum absolute atomic E-state index is 0.312. The molecule has 5 heteroatoms. The Labute approximate surface area is 155 Å². The van der Waals surface area contributed by atoms with Crippen LogP contribution >= 0.6 is 0 Å². The van der Waals surface area contributed by atoms with E-state index in [1.54, 1.807) is 6.07 Å². The SMILES string of the molecule is O=C(C[NH+]1CCN(c2ccccc2O)CC1)N(C1=CCCCC1)C1CC1. The van der Waals surface area contributed by atoms with Crippen molar-refractivity contribution < 1.29 is 14.8 Å². The number of anilines is 1. The first-order valence-electron chi connectivity index (χ1n) is 10.1. The second-order valence-corrected chi connectivity index (χ2v) is 7.84. The van der Waals surface area contributed by atoms with E-state index in [1.807, 2.05) is 18.2 Å². The molecule has 1 amide bonds. The van der Waals surface area contributed by atoms with E-state index < -0.39 is 0 Å². The van der Waals surface area contributed by atoms with Gasteiger partial charge in [-0.2, -0.15) is 0 Å². The zero-order chi connectivity index (χ0) is 17.9. The lowest BCUT2D eigenvalue weighted by Crippen LogP contribution is -3.15. The number of carbonyl (C=O) groups is 1. The number of hydrogen-bond acceptors (Lipinski definition) is 3. The first-order chi connectivity index (χ1) is 12.7. The van der Waals surface area contributed by atoms with Gasteiger partial charge in [-0.1, -0.05) is 18.2 Å². The van der Waals surface area contributed by atoms with Crippen LogP contribution < -0.4 is 9.80 Å². The van der Waals surface area contributed by atoms with E-state index in [1.165, 1.54) is 36.3 Å². The maximum Gasteiger partial charge on any atom is 0.282 e. The third-order valence-corrected chi connectivity index (χ3v) is 5.85. The van der Waals surface area contributed by atoms with Crippen LogP contribution in [-0.2, 0) is 4.79 Å². The van der Waals surface area contributed by atoms with E-state index in [9.17, 15) is 9.90 Å². The Morgan fingerprint density at radius 3 is 2.62 bits per heavy atom. The zero-order valence-electron chi connectivity index (χ0n) is 15.5. The maximum absolute atomic E-state index is 13.0. The van der Waals surface area contributed by atoms with E-state index in [2.05, 4.69) is 15.9 Å². The van der Waals surface area contributed by atoms with Gasteiger partial charge in [0.15, 0.2) is 6.54 Å². The Bertz CT molecular complexity index is 676. The predicted molar refractivity (Wildman–Crippen MR) is 102 cm³/mol. The zero-order valence-corrected chi connectivity index (χ0v) is 15.5. The van der Waals surface area contributed by atoms with Gasteiger partial charge < -0.3 is 19.8 Å². The van der Waals surface area contributed by atoms with Crippen LogP contribution in [0.3, 0.4) is 0 Å². The van der Waals surface area contributed by atoms with E-state index in [0.717, 1.165) is 44.7 Å². The molecule has 0 unspecified atom stereocenters. The summed E-state index contributed by atoms with van der Waals surface area (Å²) in [6, 6.07) is 7.99. The molecule has 1 aliphatic heterocycles. The minimum atomic E-state index is 0.312. The van der Waals surface area contributed by atoms with Crippen molar-refractivity contribution in [1.29, 1.82) is 0 Å². The van der Waals surface area contributed by atoms with Gasteiger partial charge in [0, 0.05) is 11.7 Å². The number of piperazine rings is 1. The molecular formula is C21H30N3O2+. The fraction of sp³-hybridized carbons (Fsp3) is 0.571. The molecule has 2 aliphatic carbocycles. The number of nitrogens with one attached hydrogen (secondary N) is 1. The van der Waals surface area contributed by atoms with Crippen LogP contribution in [-0.4, -0.2) is 54.7 Å². The van der Waals surface area contributed by atoms with Gasteiger partial charge in [-0.3, -0.25) is 4.79 Å². The predicted octanol–water partition coefficient (Wildman–Crippen LogP) is 1.55. The van der Waals surface area contributed by atoms with Gasteiger partial charge in [-0.15, -0.1) is 0 Å². The van der Waals surface area contributed by atoms with Crippen LogP contribution in [0.15, 0.2) is 36.0 Å². The molecule has 0 aromatic heterocycles. The van der Waals surface area contributed by atoms with Crippen molar-refractivity contribution in [3.63, 3.8) is 0 Å². The number of para-hydroxylation sites is 2. The Morgan fingerprint density at radius 2 is 1.96 bits per heavy atom. The maximum atomic E-state index is 13.0. The largest absolute Gasteiger partial charge is 0.506 e. The van der Waals surface area contributed by atoms with E-state index in [0.29, 0.717) is 24.2 Å². The standard InChI is InChI=1S/C21H29N3O2/c25-20-9-5-4-8-19(20)23-14-12-22(13-15-23)16-21(26)24(18-10-11-18)17-6-2-1-3-7-17/h4-6,8-9,18,25H,1-3,7,10-16H2/p+1. The van der Waals surface area contributed by atoms with Gasteiger partial charge >= 0.3 is 0 Å². The summed E-state index contributed by atoms with van der Waals surface area (Å²) in [4.78, 5) is 18.7. The summed E-state index contributed by atoms with van der Waals surface area (Å²) in [5.41, 5.74) is 2.20. The molecule has 140 valence electrons. The molecule has 5 nitrogen and oxygen atoms in total. The Balaban J connectivity index is 1.34. The molecule has 2 fully saturated rings. The van der Waals surface area contributed by atoms with Gasteiger partial charge in [0.1, 0.15) is 5.75 Å². The summed E-state index contributed by atoms with van der Waals surface area (Å²) in [5.74, 6) is 0.655. The molecule has 0 radical (unpaired) electrons. The molecule has 4 rings (SSSR count). The van der Waals surface area contributed by atoms with Crippen molar-refractivity contribution in [1.82, 2.24) is 4.90 Å². The van der Waals surface area contributed by atoms with Crippen molar-refractivity contribution >= 4 is 11.6 Å². The van der Waals surface area contributed by atoms with E-state index in [4.69, 9.17) is 0 Å². The Hall–Kier alpha value is -2.01. The first kappa shape index (κ1) is 17.4. The number of allylic oxidation sites excluding steroid dienone is 2. The molecule has 3 aliphatic rings. The number of phenolic OH excluding ortho intramolecular Hbond substituents is 1. The van der Waals surface area contributed by atoms with Crippen LogP contribution in [0.2, 0.25) is 0 Å². The van der Waals surface area contributed by atoms with Crippen molar-refractivity contribution in [2.45, 2.75) is 44.6 Å². The second kappa shape index (κ2) is 7.70. The first-order valence-corrected chi connectivity index (χ1v) is 10.1. The summed E-state index contributed by atoms with van der Waals surface area (Å²) in [5, 5.41) is 10.0. The molecule has 1 saturated heterocycles. The van der Waals surface area contributed by atoms with Gasteiger partial charge in [0.25, 0.3) is 5.91 Å². The fourth-order valence-electron chi connectivity index (χ4n) is 4.24. The highest BCUT2D eigenvalue weighted by Gasteiger charge is 2.37. The van der Waals surface area contributed by atoms with E-state index in [-0.39, 0.29) is 0 Å². The molecule has 0 spiro atoms. The second-order valence-electron chi connectivity index (χ2n) is 7.84. The number of phenols is 1. The average molecular weight is 356 g/mol. The summed E-state index contributed by atoms with van der Waals surface area (Å²) < 4.78 is 0. The molecule has 26 heavy (non-hydrogen) atoms. The van der Waals surface area contributed by atoms with Crippen molar-refractivity contribution in [3.8, 4) is 5.75 Å². The molecule has 1 heterocycles. The molecule has 1 aromatic rings. The average Bonchev–Trinajstić information content (AvgIpc) is 3.49. The quantitative estimate of drug-likeness (QED) is 0.842. The third-order valence-electron chi connectivity index (χ3n) is 5.85. The van der Waals surface area contributed by atoms with Crippen LogP contribution in [0.5, 0.6) is 5.75 Å². The number of aromatic hydroxyl groups is 1. The fourth-order valence-corrected chi connectivity index (χ4v) is 4.24. The Kier molecular flexibility index (Phi) is 5.16. The molecule has 0 bridgehead atoms.